The predicted octanol–water partition coefficient (Wildman–Crippen LogP) is 5.12. The first-order chi connectivity index (χ1) is 9.83. The molecule has 0 aliphatic heterocycles. The van der Waals surface area contributed by atoms with Gasteiger partial charge in [-0.3, -0.25) is 0 Å². The molecule has 100 valence electrons. The highest BCUT2D eigenvalue weighted by Crippen LogP contribution is 2.26. The standard InChI is InChI=1S/C18H17NO/c1-14(19-17-10-6-3-7-11-17)16-12-18(20-13-16)15-8-4-2-5-9-15/h2-14,19H,1H3. The van der Waals surface area contributed by atoms with Crippen LogP contribution in [0.15, 0.2) is 77.4 Å². The van der Waals surface area contributed by atoms with E-state index in [9.17, 15) is 0 Å². The van der Waals surface area contributed by atoms with Gasteiger partial charge in [-0.25, -0.2) is 0 Å². The summed E-state index contributed by atoms with van der Waals surface area (Å²) >= 11 is 0. The summed E-state index contributed by atoms with van der Waals surface area (Å²) < 4.78 is 5.67. The maximum atomic E-state index is 5.67. The quantitative estimate of drug-likeness (QED) is 0.706. The van der Waals surface area contributed by atoms with Crippen LogP contribution in [0.4, 0.5) is 5.69 Å². The second-order valence-electron chi connectivity index (χ2n) is 4.84. The topological polar surface area (TPSA) is 25.2 Å². The largest absolute Gasteiger partial charge is 0.464 e. The van der Waals surface area contributed by atoms with Gasteiger partial charge < -0.3 is 9.73 Å². The molecule has 0 radical (unpaired) electrons. The number of furan rings is 1. The van der Waals surface area contributed by atoms with Gasteiger partial charge in [-0.15, -0.1) is 0 Å². The minimum absolute atomic E-state index is 0.207. The smallest absolute Gasteiger partial charge is 0.134 e. The molecule has 0 fully saturated rings. The number of hydrogen-bond donors (Lipinski definition) is 1. The zero-order valence-electron chi connectivity index (χ0n) is 11.4. The Morgan fingerprint density at radius 3 is 2.25 bits per heavy atom. The van der Waals surface area contributed by atoms with Crippen LogP contribution in [-0.4, -0.2) is 0 Å². The molecule has 3 aromatic rings. The molecule has 2 aromatic carbocycles. The minimum Gasteiger partial charge on any atom is -0.464 e. The fourth-order valence-electron chi connectivity index (χ4n) is 2.20. The molecule has 1 N–H and O–H groups in total. The fraction of sp³-hybridized carbons (Fsp3) is 0.111. The first-order valence-corrected chi connectivity index (χ1v) is 6.78. The van der Waals surface area contributed by atoms with Gasteiger partial charge in [-0.05, 0) is 25.1 Å². The molecule has 0 saturated carbocycles. The Morgan fingerprint density at radius 1 is 0.900 bits per heavy atom. The molecule has 0 aliphatic rings. The van der Waals surface area contributed by atoms with E-state index in [2.05, 4.69) is 42.6 Å². The SMILES string of the molecule is CC(Nc1ccccc1)c1coc(-c2ccccc2)c1. The summed E-state index contributed by atoms with van der Waals surface area (Å²) in [4.78, 5) is 0. The summed E-state index contributed by atoms with van der Waals surface area (Å²) in [5.74, 6) is 0.905. The highest BCUT2D eigenvalue weighted by atomic mass is 16.3. The predicted molar refractivity (Wildman–Crippen MR) is 82.6 cm³/mol. The molecule has 0 amide bonds. The van der Waals surface area contributed by atoms with Gasteiger partial charge in [0.05, 0.1) is 12.3 Å². The van der Waals surface area contributed by atoms with Crippen molar-refractivity contribution in [1.82, 2.24) is 0 Å². The van der Waals surface area contributed by atoms with Crippen LogP contribution in [0.3, 0.4) is 0 Å². The molecule has 1 aromatic heterocycles. The lowest BCUT2D eigenvalue weighted by Crippen LogP contribution is -2.04. The average molecular weight is 263 g/mol. The van der Waals surface area contributed by atoms with Gasteiger partial charge in [-0.2, -0.15) is 0 Å². The number of rotatable bonds is 4. The summed E-state index contributed by atoms with van der Waals surface area (Å²) in [6, 6.07) is 22.6. The highest BCUT2D eigenvalue weighted by molar-refractivity contribution is 5.58. The van der Waals surface area contributed by atoms with E-state index in [0.29, 0.717) is 0 Å². The monoisotopic (exact) mass is 263 g/mol. The number of hydrogen-bond acceptors (Lipinski definition) is 2. The van der Waals surface area contributed by atoms with E-state index < -0.39 is 0 Å². The molecule has 1 heterocycles. The number of benzene rings is 2. The zero-order valence-corrected chi connectivity index (χ0v) is 11.4. The van der Waals surface area contributed by atoms with Gasteiger partial charge in [0.1, 0.15) is 5.76 Å². The van der Waals surface area contributed by atoms with Crippen LogP contribution in [-0.2, 0) is 0 Å². The van der Waals surface area contributed by atoms with Gasteiger partial charge in [0.25, 0.3) is 0 Å². The van der Waals surface area contributed by atoms with Gasteiger partial charge in [0.15, 0.2) is 0 Å². The Balaban J connectivity index is 1.77. The van der Waals surface area contributed by atoms with E-state index in [-0.39, 0.29) is 6.04 Å². The van der Waals surface area contributed by atoms with E-state index in [4.69, 9.17) is 4.42 Å². The summed E-state index contributed by atoms with van der Waals surface area (Å²) in [6.45, 7) is 2.13. The molecule has 0 spiro atoms. The van der Waals surface area contributed by atoms with Gasteiger partial charge >= 0.3 is 0 Å². The van der Waals surface area contributed by atoms with Crippen molar-refractivity contribution >= 4 is 5.69 Å². The van der Waals surface area contributed by atoms with Gasteiger partial charge in [0, 0.05) is 16.8 Å². The highest BCUT2D eigenvalue weighted by Gasteiger charge is 2.10. The Bertz CT molecular complexity index is 658. The summed E-state index contributed by atoms with van der Waals surface area (Å²) in [5.41, 5.74) is 3.36. The van der Waals surface area contributed by atoms with Crippen LogP contribution in [0.25, 0.3) is 11.3 Å². The minimum atomic E-state index is 0.207. The summed E-state index contributed by atoms with van der Waals surface area (Å²) in [6.07, 6.45) is 1.82. The lowest BCUT2D eigenvalue weighted by Gasteiger charge is -2.13. The third-order valence-corrected chi connectivity index (χ3v) is 3.34. The molecule has 1 unspecified atom stereocenters. The maximum absolute atomic E-state index is 5.67. The normalized spacial score (nSPS) is 12.1. The van der Waals surface area contributed by atoms with E-state index in [1.165, 1.54) is 0 Å². The number of anilines is 1. The van der Waals surface area contributed by atoms with E-state index in [0.717, 1.165) is 22.6 Å². The fourth-order valence-corrected chi connectivity index (χ4v) is 2.20. The molecule has 1 atom stereocenters. The van der Waals surface area contributed by atoms with Crippen LogP contribution in [0, 0.1) is 0 Å². The van der Waals surface area contributed by atoms with Crippen molar-refractivity contribution in [2.24, 2.45) is 0 Å². The second kappa shape index (κ2) is 5.66. The lowest BCUT2D eigenvalue weighted by atomic mass is 10.1. The van der Waals surface area contributed by atoms with Gasteiger partial charge in [-0.1, -0.05) is 48.5 Å². The molecule has 0 aliphatic carbocycles. The van der Waals surface area contributed by atoms with Crippen molar-refractivity contribution in [2.45, 2.75) is 13.0 Å². The molecule has 20 heavy (non-hydrogen) atoms. The molecule has 2 heteroatoms. The molecular formula is C18H17NO. The van der Waals surface area contributed by atoms with Crippen molar-refractivity contribution in [2.75, 3.05) is 5.32 Å². The van der Waals surface area contributed by atoms with Crippen molar-refractivity contribution in [1.29, 1.82) is 0 Å². The third kappa shape index (κ3) is 2.75. The molecular weight excluding hydrogens is 246 g/mol. The maximum Gasteiger partial charge on any atom is 0.134 e. The Kier molecular flexibility index (Phi) is 3.55. The number of nitrogens with one attached hydrogen (secondary N) is 1. The van der Waals surface area contributed by atoms with Gasteiger partial charge in [0.2, 0.25) is 0 Å². The van der Waals surface area contributed by atoms with E-state index in [1.807, 2.05) is 42.7 Å². The van der Waals surface area contributed by atoms with Crippen LogP contribution in [0.5, 0.6) is 0 Å². The Labute approximate surface area is 119 Å². The van der Waals surface area contributed by atoms with Crippen LogP contribution < -0.4 is 5.32 Å². The third-order valence-electron chi connectivity index (χ3n) is 3.34. The molecule has 0 bridgehead atoms. The first kappa shape index (κ1) is 12.5. The Morgan fingerprint density at radius 2 is 1.55 bits per heavy atom. The lowest BCUT2D eigenvalue weighted by molar-refractivity contribution is 0.576. The molecule has 3 rings (SSSR count). The van der Waals surface area contributed by atoms with Crippen molar-refractivity contribution < 1.29 is 4.42 Å². The van der Waals surface area contributed by atoms with E-state index in [1.54, 1.807) is 0 Å². The number of para-hydroxylation sites is 1. The summed E-state index contributed by atoms with van der Waals surface area (Å²) in [5, 5.41) is 3.46. The van der Waals surface area contributed by atoms with Crippen molar-refractivity contribution in [3.63, 3.8) is 0 Å². The van der Waals surface area contributed by atoms with Crippen LogP contribution >= 0.6 is 0 Å². The first-order valence-electron chi connectivity index (χ1n) is 6.78. The Hall–Kier alpha value is -2.48. The summed E-state index contributed by atoms with van der Waals surface area (Å²) in [7, 11) is 0. The van der Waals surface area contributed by atoms with Crippen molar-refractivity contribution in [3.05, 3.63) is 78.6 Å². The van der Waals surface area contributed by atoms with Crippen LogP contribution in [0.2, 0.25) is 0 Å². The second-order valence-corrected chi connectivity index (χ2v) is 4.84. The zero-order chi connectivity index (χ0) is 13.8. The van der Waals surface area contributed by atoms with E-state index >= 15 is 0 Å². The van der Waals surface area contributed by atoms with Crippen LogP contribution in [0.1, 0.15) is 18.5 Å². The van der Waals surface area contributed by atoms with Crippen molar-refractivity contribution in [3.8, 4) is 11.3 Å². The molecule has 2 nitrogen and oxygen atoms in total. The average Bonchev–Trinajstić information content (AvgIpc) is 2.99. The molecule has 0 saturated heterocycles.